The second-order valence-corrected chi connectivity index (χ2v) is 4.00. The van der Waals surface area contributed by atoms with E-state index in [0.29, 0.717) is 12.5 Å². The smallest absolute Gasteiger partial charge is 0.248 e. The SMILES string of the molecule is Cc1ccc(CNC2=NCC(=O)N2)c(C)c1. The highest BCUT2D eigenvalue weighted by atomic mass is 16.2. The Kier molecular flexibility index (Phi) is 2.90. The lowest BCUT2D eigenvalue weighted by atomic mass is 10.1. The van der Waals surface area contributed by atoms with E-state index in [9.17, 15) is 4.79 Å². The highest BCUT2D eigenvalue weighted by Gasteiger charge is 2.12. The first-order valence-corrected chi connectivity index (χ1v) is 5.29. The Hall–Kier alpha value is -1.84. The van der Waals surface area contributed by atoms with Crippen LogP contribution in [-0.4, -0.2) is 18.4 Å². The molecule has 1 aliphatic heterocycles. The first-order valence-electron chi connectivity index (χ1n) is 5.29. The van der Waals surface area contributed by atoms with Crippen molar-refractivity contribution in [3.05, 3.63) is 34.9 Å². The number of nitrogens with one attached hydrogen (secondary N) is 2. The zero-order valence-electron chi connectivity index (χ0n) is 9.50. The van der Waals surface area contributed by atoms with Crippen molar-refractivity contribution in [3.8, 4) is 0 Å². The first-order chi connectivity index (χ1) is 7.65. The van der Waals surface area contributed by atoms with Gasteiger partial charge in [0, 0.05) is 6.54 Å². The highest BCUT2D eigenvalue weighted by molar-refractivity contribution is 6.02. The average molecular weight is 217 g/mol. The van der Waals surface area contributed by atoms with E-state index in [-0.39, 0.29) is 12.5 Å². The summed E-state index contributed by atoms with van der Waals surface area (Å²) in [5.41, 5.74) is 3.72. The summed E-state index contributed by atoms with van der Waals surface area (Å²) in [6.07, 6.45) is 0. The van der Waals surface area contributed by atoms with Gasteiger partial charge in [-0.25, -0.2) is 4.99 Å². The zero-order valence-corrected chi connectivity index (χ0v) is 9.50. The van der Waals surface area contributed by atoms with Crippen molar-refractivity contribution < 1.29 is 4.79 Å². The number of hydrogen-bond donors (Lipinski definition) is 2. The molecule has 2 N–H and O–H groups in total. The molecule has 1 aromatic carbocycles. The normalized spacial score (nSPS) is 14.6. The molecular weight excluding hydrogens is 202 g/mol. The van der Waals surface area contributed by atoms with Gasteiger partial charge in [0.1, 0.15) is 6.54 Å². The molecule has 1 aromatic rings. The number of guanidine groups is 1. The molecular formula is C12H15N3O. The van der Waals surface area contributed by atoms with Gasteiger partial charge in [0.2, 0.25) is 5.91 Å². The standard InChI is InChI=1S/C12H15N3O/c1-8-3-4-10(9(2)5-8)6-13-12-14-7-11(16)15-12/h3-5H,6-7H2,1-2H3,(H2,13,14,15,16). The Morgan fingerprint density at radius 3 is 2.88 bits per heavy atom. The minimum absolute atomic E-state index is 0.0527. The molecule has 0 atom stereocenters. The molecule has 0 spiro atoms. The van der Waals surface area contributed by atoms with E-state index < -0.39 is 0 Å². The number of aliphatic imine (C=N–C) groups is 1. The summed E-state index contributed by atoms with van der Waals surface area (Å²) < 4.78 is 0. The van der Waals surface area contributed by atoms with Crippen LogP contribution in [0, 0.1) is 13.8 Å². The van der Waals surface area contributed by atoms with Crippen LogP contribution < -0.4 is 10.6 Å². The van der Waals surface area contributed by atoms with Crippen molar-refractivity contribution in [3.63, 3.8) is 0 Å². The Balaban J connectivity index is 1.97. The van der Waals surface area contributed by atoms with Crippen LogP contribution in [0.2, 0.25) is 0 Å². The lowest BCUT2D eigenvalue weighted by molar-refractivity contribution is -0.117. The van der Waals surface area contributed by atoms with E-state index in [0.717, 1.165) is 0 Å². The number of rotatable bonds is 2. The fourth-order valence-electron chi connectivity index (χ4n) is 1.69. The molecule has 0 unspecified atom stereocenters. The fraction of sp³-hybridized carbons (Fsp3) is 0.333. The van der Waals surface area contributed by atoms with Gasteiger partial charge in [-0.15, -0.1) is 0 Å². The summed E-state index contributed by atoms with van der Waals surface area (Å²) in [5.74, 6) is 0.521. The summed E-state index contributed by atoms with van der Waals surface area (Å²) in [6.45, 7) is 5.07. The second-order valence-electron chi connectivity index (χ2n) is 4.00. The molecule has 84 valence electrons. The number of carbonyl (C=O) groups excluding carboxylic acids is 1. The monoisotopic (exact) mass is 217 g/mol. The summed E-state index contributed by atoms with van der Waals surface area (Å²) >= 11 is 0. The molecule has 0 radical (unpaired) electrons. The minimum Gasteiger partial charge on any atom is -0.352 e. The van der Waals surface area contributed by atoms with Crippen molar-refractivity contribution in [1.29, 1.82) is 0 Å². The minimum atomic E-state index is -0.0527. The van der Waals surface area contributed by atoms with Gasteiger partial charge in [0.05, 0.1) is 0 Å². The van der Waals surface area contributed by atoms with Crippen LogP contribution in [0.1, 0.15) is 16.7 Å². The van der Waals surface area contributed by atoms with Crippen molar-refractivity contribution in [2.75, 3.05) is 6.54 Å². The number of nitrogens with zero attached hydrogens (tertiary/aromatic N) is 1. The Labute approximate surface area is 94.8 Å². The van der Waals surface area contributed by atoms with Gasteiger partial charge in [-0.2, -0.15) is 0 Å². The van der Waals surface area contributed by atoms with Crippen LogP contribution in [0.25, 0.3) is 0 Å². The molecule has 1 heterocycles. The van der Waals surface area contributed by atoms with E-state index in [2.05, 4.69) is 47.7 Å². The van der Waals surface area contributed by atoms with Crippen LogP contribution >= 0.6 is 0 Å². The van der Waals surface area contributed by atoms with Gasteiger partial charge < -0.3 is 5.32 Å². The van der Waals surface area contributed by atoms with Gasteiger partial charge in [-0.3, -0.25) is 10.1 Å². The average Bonchev–Trinajstić information content (AvgIpc) is 2.63. The van der Waals surface area contributed by atoms with Crippen LogP contribution in [0.5, 0.6) is 0 Å². The van der Waals surface area contributed by atoms with Gasteiger partial charge >= 0.3 is 0 Å². The second kappa shape index (κ2) is 4.35. The number of hydrogen-bond acceptors (Lipinski definition) is 3. The third kappa shape index (κ3) is 2.39. The topological polar surface area (TPSA) is 53.5 Å². The molecule has 4 heteroatoms. The summed E-state index contributed by atoms with van der Waals surface area (Å²) in [5, 5.41) is 5.76. The van der Waals surface area contributed by atoms with Crippen molar-refractivity contribution in [2.45, 2.75) is 20.4 Å². The lowest BCUT2D eigenvalue weighted by Gasteiger charge is -2.09. The molecule has 0 bridgehead atoms. The highest BCUT2D eigenvalue weighted by Crippen LogP contribution is 2.09. The van der Waals surface area contributed by atoms with Crippen molar-refractivity contribution >= 4 is 11.9 Å². The number of amides is 1. The van der Waals surface area contributed by atoms with E-state index in [1.54, 1.807) is 0 Å². The zero-order chi connectivity index (χ0) is 11.5. The van der Waals surface area contributed by atoms with Gasteiger partial charge in [0.15, 0.2) is 5.96 Å². The van der Waals surface area contributed by atoms with Crippen molar-refractivity contribution in [1.82, 2.24) is 10.6 Å². The molecule has 1 aliphatic rings. The molecule has 0 saturated carbocycles. The van der Waals surface area contributed by atoms with Crippen LogP contribution in [0.15, 0.2) is 23.2 Å². The number of carbonyl (C=O) groups is 1. The molecule has 0 aliphatic carbocycles. The largest absolute Gasteiger partial charge is 0.352 e. The Morgan fingerprint density at radius 2 is 2.25 bits per heavy atom. The summed E-state index contributed by atoms with van der Waals surface area (Å²) in [6, 6.07) is 6.32. The van der Waals surface area contributed by atoms with Crippen LogP contribution in [0.4, 0.5) is 0 Å². The van der Waals surface area contributed by atoms with E-state index >= 15 is 0 Å². The molecule has 0 saturated heterocycles. The molecule has 16 heavy (non-hydrogen) atoms. The molecule has 1 amide bonds. The van der Waals surface area contributed by atoms with Gasteiger partial charge in [0.25, 0.3) is 0 Å². The molecule has 4 nitrogen and oxygen atoms in total. The van der Waals surface area contributed by atoms with Crippen molar-refractivity contribution in [2.24, 2.45) is 4.99 Å². The predicted octanol–water partition coefficient (Wildman–Crippen LogP) is 0.879. The Morgan fingerprint density at radius 1 is 1.44 bits per heavy atom. The van der Waals surface area contributed by atoms with Crippen LogP contribution in [0.3, 0.4) is 0 Å². The fourth-order valence-corrected chi connectivity index (χ4v) is 1.69. The van der Waals surface area contributed by atoms with E-state index in [1.165, 1.54) is 16.7 Å². The summed E-state index contributed by atoms with van der Waals surface area (Å²) in [4.78, 5) is 14.9. The molecule has 0 aromatic heterocycles. The predicted molar refractivity (Wildman–Crippen MR) is 63.2 cm³/mol. The van der Waals surface area contributed by atoms with E-state index in [4.69, 9.17) is 0 Å². The third-order valence-corrected chi connectivity index (χ3v) is 2.58. The van der Waals surface area contributed by atoms with Crippen LogP contribution in [-0.2, 0) is 11.3 Å². The molecule has 0 fully saturated rings. The Bertz CT molecular complexity index is 452. The van der Waals surface area contributed by atoms with Gasteiger partial charge in [-0.05, 0) is 25.0 Å². The first kappa shape index (κ1) is 10.7. The maximum absolute atomic E-state index is 10.9. The third-order valence-electron chi connectivity index (χ3n) is 2.58. The quantitative estimate of drug-likeness (QED) is 0.772. The van der Waals surface area contributed by atoms with Gasteiger partial charge in [-0.1, -0.05) is 23.8 Å². The maximum atomic E-state index is 10.9. The molecule has 2 rings (SSSR count). The number of aryl methyl sites for hydroxylation is 2. The summed E-state index contributed by atoms with van der Waals surface area (Å²) in [7, 11) is 0. The number of benzene rings is 1. The van der Waals surface area contributed by atoms with E-state index in [1.807, 2.05) is 0 Å². The maximum Gasteiger partial charge on any atom is 0.248 e. The lowest BCUT2D eigenvalue weighted by Crippen LogP contribution is -2.36.